The average Bonchev–Trinajstić information content (AvgIpc) is 3.46. The van der Waals surface area contributed by atoms with Gasteiger partial charge in [-0.1, -0.05) is 18.2 Å². The van der Waals surface area contributed by atoms with E-state index in [1.807, 2.05) is 0 Å². The average molecular weight is 425 g/mol. The van der Waals surface area contributed by atoms with E-state index < -0.39 is 0 Å². The predicted molar refractivity (Wildman–Crippen MR) is 117 cm³/mol. The molecular weight excluding hydrogens is 400 g/mol. The fraction of sp³-hybridized carbons (Fsp3) is 0.318. The number of nitrogens with zero attached hydrogens (tertiary/aromatic N) is 2. The monoisotopic (exact) mass is 424 g/mol. The molecule has 2 aromatic heterocycles. The van der Waals surface area contributed by atoms with Crippen LogP contribution in [-0.4, -0.2) is 36.4 Å². The second-order valence-corrected chi connectivity index (χ2v) is 8.09. The molecule has 0 saturated heterocycles. The molecule has 4 rings (SSSR count). The lowest BCUT2D eigenvalue weighted by molar-refractivity contribution is -0.120. The van der Waals surface area contributed by atoms with Crippen molar-refractivity contribution in [2.75, 3.05) is 29.9 Å². The second kappa shape index (κ2) is 9.13. The molecule has 0 saturated carbocycles. The summed E-state index contributed by atoms with van der Waals surface area (Å²) in [6.45, 7) is 4.33. The van der Waals surface area contributed by atoms with E-state index in [1.54, 1.807) is 18.4 Å². The van der Waals surface area contributed by atoms with Gasteiger partial charge in [-0.25, -0.2) is 4.98 Å². The number of thiazole rings is 1. The van der Waals surface area contributed by atoms with Crippen molar-refractivity contribution in [2.24, 2.45) is 0 Å². The van der Waals surface area contributed by atoms with Gasteiger partial charge in [-0.05, 0) is 37.5 Å². The Morgan fingerprint density at radius 1 is 1.27 bits per heavy atom. The van der Waals surface area contributed by atoms with E-state index in [2.05, 4.69) is 44.8 Å². The second-order valence-electron chi connectivity index (χ2n) is 7.23. The third-order valence-corrected chi connectivity index (χ3v) is 5.93. The van der Waals surface area contributed by atoms with Gasteiger partial charge in [-0.3, -0.25) is 14.9 Å². The molecule has 0 radical (unpaired) electrons. The zero-order valence-corrected chi connectivity index (χ0v) is 17.6. The van der Waals surface area contributed by atoms with Gasteiger partial charge in [0.2, 0.25) is 5.91 Å². The lowest BCUT2D eigenvalue weighted by Crippen LogP contribution is -2.30. The number of nitrogens with one attached hydrogen (secondary N) is 2. The topological polar surface area (TPSA) is 87.5 Å². The molecule has 0 spiro atoms. The van der Waals surface area contributed by atoms with Crippen LogP contribution in [0.5, 0.6) is 0 Å². The quantitative estimate of drug-likeness (QED) is 0.541. The summed E-state index contributed by atoms with van der Waals surface area (Å²) in [4.78, 5) is 31.1. The summed E-state index contributed by atoms with van der Waals surface area (Å²) in [5.74, 6) is 0.224. The molecule has 8 heteroatoms. The number of hydrogen-bond acceptors (Lipinski definition) is 6. The molecule has 156 valence electrons. The zero-order chi connectivity index (χ0) is 20.9. The highest BCUT2D eigenvalue weighted by Gasteiger charge is 2.18. The number of carbonyl (C=O) groups is 2. The highest BCUT2D eigenvalue weighted by molar-refractivity contribution is 7.14. The number of aryl methyl sites for hydroxylation is 1. The van der Waals surface area contributed by atoms with E-state index in [0.29, 0.717) is 28.7 Å². The number of anilines is 2. The van der Waals surface area contributed by atoms with Crippen LogP contribution in [0.4, 0.5) is 10.8 Å². The first-order valence-corrected chi connectivity index (χ1v) is 10.9. The molecule has 1 aliphatic heterocycles. The van der Waals surface area contributed by atoms with Gasteiger partial charge in [-0.15, -0.1) is 11.3 Å². The Kier molecular flexibility index (Phi) is 6.13. The summed E-state index contributed by atoms with van der Waals surface area (Å²) < 4.78 is 5.14. The molecule has 2 amide bonds. The first kappa shape index (κ1) is 20.2. The van der Waals surface area contributed by atoms with Crippen molar-refractivity contribution >= 4 is 34.0 Å². The minimum atomic E-state index is -0.268. The Morgan fingerprint density at radius 2 is 2.13 bits per heavy atom. The molecule has 0 aliphatic carbocycles. The number of rotatable bonds is 8. The van der Waals surface area contributed by atoms with Gasteiger partial charge in [0.25, 0.3) is 5.91 Å². The third kappa shape index (κ3) is 4.71. The Hall–Kier alpha value is -3.13. The SMILES string of the molecule is Cc1occc1C(=O)Nc1nc(CC(=O)NCCCN2CCc3ccccc32)cs1. The Bertz CT molecular complexity index is 1040. The molecule has 0 atom stereocenters. The molecule has 0 bridgehead atoms. The summed E-state index contributed by atoms with van der Waals surface area (Å²) in [6, 6.07) is 10.1. The molecule has 0 fully saturated rings. The first-order valence-electron chi connectivity index (χ1n) is 9.99. The van der Waals surface area contributed by atoms with Crippen LogP contribution in [0.2, 0.25) is 0 Å². The first-order chi connectivity index (χ1) is 14.6. The van der Waals surface area contributed by atoms with Crippen LogP contribution in [0.1, 0.15) is 33.8 Å². The lowest BCUT2D eigenvalue weighted by Gasteiger charge is -2.19. The van der Waals surface area contributed by atoms with Crippen molar-refractivity contribution in [3.05, 3.63) is 64.6 Å². The van der Waals surface area contributed by atoms with Crippen LogP contribution in [0.15, 0.2) is 46.4 Å². The van der Waals surface area contributed by atoms with Crippen molar-refractivity contribution < 1.29 is 14.0 Å². The van der Waals surface area contributed by atoms with Crippen LogP contribution in [0.25, 0.3) is 0 Å². The molecular formula is C22H24N4O3S. The van der Waals surface area contributed by atoms with Gasteiger partial charge >= 0.3 is 0 Å². The van der Waals surface area contributed by atoms with Crippen molar-refractivity contribution in [1.29, 1.82) is 0 Å². The molecule has 3 aromatic rings. The van der Waals surface area contributed by atoms with Crippen molar-refractivity contribution in [3.63, 3.8) is 0 Å². The standard InChI is InChI=1S/C22H24N4O3S/c1-15-18(8-12-29-15)21(28)25-22-24-17(14-30-22)13-20(27)23-9-4-10-26-11-7-16-5-2-3-6-19(16)26/h2-3,5-6,8,12,14H,4,7,9-11,13H2,1H3,(H,23,27)(H,24,25,28). The number of amides is 2. The number of fused-ring (bicyclic) bond motifs is 1. The van der Waals surface area contributed by atoms with E-state index >= 15 is 0 Å². The number of para-hydroxylation sites is 1. The maximum atomic E-state index is 12.2. The summed E-state index contributed by atoms with van der Waals surface area (Å²) in [5.41, 5.74) is 3.83. The van der Waals surface area contributed by atoms with E-state index in [1.165, 1.54) is 28.9 Å². The summed E-state index contributed by atoms with van der Waals surface area (Å²) in [6.07, 6.45) is 3.65. The van der Waals surface area contributed by atoms with Crippen LogP contribution < -0.4 is 15.5 Å². The predicted octanol–water partition coefficient (Wildman–Crippen LogP) is 3.41. The highest BCUT2D eigenvalue weighted by Crippen LogP contribution is 2.27. The van der Waals surface area contributed by atoms with E-state index in [9.17, 15) is 9.59 Å². The molecule has 1 aromatic carbocycles. The lowest BCUT2D eigenvalue weighted by atomic mass is 10.2. The van der Waals surface area contributed by atoms with Gasteiger partial charge < -0.3 is 14.6 Å². The number of carbonyl (C=O) groups excluding carboxylic acids is 2. The van der Waals surface area contributed by atoms with Crippen molar-refractivity contribution in [2.45, 2.75) is 26.2 Å². The van der Waals surface area contributed by atoms with Gasteiger partial charge in [0, 0.05) is 30.7 Å². The fourth-order valence-corrected chi connectivity index (χ4v) is 4.30. The van der Waals surface area contributed by atoms with Gasteiger partial charge in [0.15, 0.2) is 5.13 Å². The molecule has 2 N–H and O–H groups in total. The normalized spacial score (nSPS) is 12.6. The number of hydrogen-bond donors (Lipinski definition) is 2. The minimum Gasteiger partial charge on any atom is -0.469 e. The maximum absolute atomic E-state index is 12.2. The van der Waals surface area contributed by atoms with E-state index in [4.69, 9.17) is 4.42 Å². The molecule has 30 heavy (non-hydrogen) atoms. The van der Waals surface area contributed by atoms with E-state index in [0.717, 1.165) is 25.9 Å². The summed E-state index contributed by atoms with van der Waals surface area (Å²) in [7, 11) is 0. The van der Waals surface area contributed by atoms with Crippen LogP contribution in [0.3, 0.4) is 0 Å². The molecule has 1 aliphatic rings. The van der Waals surface area contributed by atoms with Crippen molar-refractivity contribution in [1.82, 2.24) is 10.3 Å². The minimum absolute atomic E-state index is 0.0642. The van der Waals surface area contributed by atoms with Gasteiger partial charge in [0.1, 0.15) is 5.76 Å². The number of furan rings is 1. The zero-order valence-electron chi connectivity index (χ0n) is 16.8. The van der Waals surface area contributed by atoms with Crippen LogP contribution in [-0.2, 0) is 17.6 Å². The smallest absolute Gasteiger partial charge is 0.260 e. The Labute approximate surface area is 179 Å². The fourth-order valence-electron chi connectivity index (χ4n) is 3.59. The summed E-state index contributed by atoms with van der Waals surface area (Å²) in [5, 5.41) is 7.96. The highest BCUT2D eigenvalue weighted by atomic mass is 32.1. The van der Waals surface area contributed by atoms with Crippen LogP contribution >= 0.6 is 11.3 Å². The van der Waals surface area contributed by atoms with Gasteiger partial charge in [-0.2, -0.15) is 0 Å². The Morgan fingerprint density at radius 3 is 2.97 bits per heavy atom. The molecule has 0 unspecified atom stereocenters. The number of aromatic nitrogens is 1. The molecule has 3 heterocycles. The largest absolute Gasteiger partial charge is 0.469 e. The van der Waals surface area contributed by atoms with Crippen LogP contribution in [0, 0.1) is 6.92 Å². The molecule has 7 nitrogen and oxygen atoms in total. The van der Waals surface area contributed by atoms with E-state index in [-0.39, 0.29) is 18.2 Å². The Balaban J connectivity index is 1.19. The summed E-state index contributed by atoms with van der Waals surface area (Å²) >= 11 is 1.30. The van der Waals surface area contributed by atoms with Crippen molar-refractivity contribution in [3.8, 4) is 0 Å². The number of benzene rings is 1. The maximum Gasteiger partial charge on any atom is 0.260 e. The third-order valence-electron chi connectivity index (χ3n) is 5.13. The van der Waals surface area contributed by atoms with Gasteiger partial charge in [0.05, 0.1) is 23.9 Å².